The number of hydrogen-bond donors (Lipinski definition) is 0. The van der Waals surface area contributed by atoms with Gasteiger partial charge in [0.15, 0.2) is 0 Å². The Kier molecular flexibility index (Phi) is 6.14. The average Bonchev–Trinajstić information content (AvgIpc) is 3.14. The van der Waals surface area contributed by atoms with E-state index >= 15 is 0 Å². The lowest BCUT2D eigenvalue weighted by atomic mass is 9.87. The fraction of sp³-hybridized carbons (Fsp3) is 0. The molecule has 0 saturated heterocycles. The van der Waals surface area contributed by atoms with Crippen molar-refractivity contribution in [3.05, 3.63) is 165 Å². The van der Waals surface area contributed by atoms with Crippen LogP contribution in [-0.4, -0.2) is 15.0 Å². The van der Waals surface area contributed by atoms with Gasteiger partial charge in [-0.1, -0.05) is 91.0 Å². The van der Waals surface area contributed by atoms with Gasteiger partial charge in [0.05, 0.1) is 0 Å². The van der Waals surface area contributed by atoms with Crippen molar-refractivity contribution in [2.75, 3.05) is 0 Å². The number of aromatic nitrogens is 3. The number of benzene rings is 6. The highest BCUT2D eigenvalue weighted by Crippen LogP contribution is 2.42. The van der Waals surface area contributed by atoms with Gasteiger partial charge in [0.1, 0.15) is 0 Å². The third kappa shape index (κ3) is 4.41. The summed E-state index contributed by atoms with van der Waals surface area (Å²) in [4.78, 5) is 13.1. The Balaban J connectivity index is 1.17. The highest BCUT2D eigenvalue weighted by atomic mass is 14.6. The van der Waals surface area contributed by atoms with Crippen molar-refractivity contribution >= 4 is 32.3 Å². The second-order valence-corrected chi connectivity index (χ2v) is 11.8. The predicted molar refractivity (Wildman–Crippen MR) is 191 cm³/mol. The van der Waals surface area contributed by atoms with Crippen LogP contribution in [0.1, 0.15) is 0 Å². The van der Waals surface area contributed by atoms with Crippen LogP contribution < -0.4 is 0 Å². The van der Waals surface area contributed by atoms with E-state index in [-0.39, 0.29) is 0 Å². The third-order valence-electron chi connectivity index (χ3n) is 9.09. The fourth-order valence-electron chi connectivity index (χ4n) is 6.86. The van der Waals surface area contributed by atoms with Gasteiger partial charge in [0.25, 0.3) is 0 Å². The van der Waals surface area contributed by atoms with Crippen LogP contribution in [0.15, 0.2) is 165 Å². The zero-order chi connectivity index (χ0) is 30.5. The summed E-state index contributed by atoms with van der Waals surface area (Å²) >= 11 is 0. The SMILES string of the molecule is c1cncc(-c2cc(-c3ccc(-c4ccc5ccc6c(-c7cccnc7)ccc7ccc4c5c76)cc3)cc(-c3cccnc3)c2)c1. The van der Waals surface area contributed by atoms with Crippen LogP contribution in [0, 0.1) is 0 Å². The van der Waals surface area contributed by atoms with E-state index in [4.69, 9.17) is 0 Å². The third-order valence-corrected chi connectivity index (χ3v) is 9.09. The molecule has 0 fully saturated rings. The maximum absolute atomic E-state index is 4.39. The van der Waals surface area contributed by atoms with Crippen LogP contribution in [0.2, 0.25) is 0 Å². The molecule has 214 valence electrons. The number of hydrogen-bond acceptors (Lipinski definition) is 3. The molecular formula is C43H27N3. The van der Waals surface area contributed by atoms with Crippen molar-refractivity contribution < 1.29 is 0 Å². The van der Waals surface area contributed by atoms with Gasteiger partial charge in [0.2, 0.25) is 0 Å². The summed E-state index contributed by atoms with van der Waals surface area (Å²) in [6.45, 7) is 0. The van der Waals surface area contributed by atoms with E-state index in [1.54, 1.807) is 0 Å². The van der Waals surface area contributed by atoms with Crippen LogP contribution in [-0.2, 0) is 0 Å². The second-order valence-electron chi connectivity index (χ2n) is 11.8. The molecule has 3 nitrogen and oxygen atoms in total. The van der Waals surface area contributed by atoms with Crippen molar-refractivity contribution in [1.29, 1.82) is 0 Å². The molecule has 9 rings (SSSR count). The number of pyridine rings is 3. The van der Waals surface area contributed by atoms with Gasteiger partial charge >= 0.3 is 0 Å². The summed E-state index contributed by atoms with van der Waals surface area (Å²) in [5, 5.41) is 7.66. The van der Waals surface area contributed by atoms with E-state index in [0.29, 0.717) is 0 Å². The molecule has 0 unspecified atom stereocenters. The van der Waals surface area contributed by atoms with Crippen molar-refractivity contribution in [3.63, 3.8) is 0 Å². The molecule has 6 aromatic carbocycles. The van der Waals surface area contributed by atoms with Gasteiger partial charge in [-0.3, -0.25) is 15.0 Å². The first-order valence-electron chi connectivity index (χ1n) is 15.5. The van der Waals surface area contributed by atoms with E-state index in [2.05, 4.69) is 124 Å². The van der Waals surface area contributed by atoms with Crippen LogP contribution in [0.25, 0.3) is 88.0 Å². The monoisotopic (exact) mass is 585 g/mol. The van der Waals surface area contributed by atoms with Crippen LogP contribution in [0.4, 0.5) is 0 Å². The Morgan fingerprint density at radius 3 is 1.20 bits per heavy atom. The Hall–Kier alpha value is -6.19. The van der Waals surface area contributed by atoms with Crippen molar-refractivity contribution in [2.45, 2.75) is 0 Å². The van der Waals surface area contributed by atoms with Gasteiger partial charge < -0.3 is 0 Å². The molecule has 3 heterocycles. The number of rotatable bonds is 5. The molecule has 0 saturated carbocycles. The van der Waals surface area contributed by atoms with Crippen molar-refractivity contribution in [2.24, 2.45) is 0 Å². The van der Waals surface area contributed by atoms with Gasteiger partial charge in [0, 0.05) is 53.9 Å². The maximum atomic E-state index is 4.39. The lowest BCUT2D eigenvalue weighted by molar-refractivity contribution is 1.32. The lowest BCUT2D eigenvalue weighted by Crippen LogP contribution is -1.90. The molecule has 0 aliphatic rings. The Morgan fingerprint density at radius 2 is 0.717 bits per heavy atom. The van der Waals surface area contributed by atoms with Crippen molar-refractivity contribution in [3.8, 4) is 55.6 Å². The predicted octanol–water partition coefficient (Wildman–Crippen LogP) is 11.1. The summed E-state index contributed by atoms with van der Waals surface area (Å²) in [7, 11) is 0. The first-order valence-corrected chi connectivity index (χ1v) is 15.5. The first kappa shape index (κ1) is 26.2. The lowest BCUT2D eigenvalue weighted by Gasteiger charge is -2.16. The Morgan fingerprint density at radius 1 is 0.304 bits per heavy atom. The largest absolute Gasteiger partial charge is 0.264 e. The molecule has 0 atom stereocenters. The normalized spacial score (nSPS) is 11.5. The topological polar surface area (TPSA) is 38.7 Å². The molecule has 0 radical (unpaired) electrons. The van der Waals surface area contributed by atoms with Crippen LogP contribution >= 0.6 is 0 Å². The molecule has 0 bridgehead atoms. The molecule has 0 N–H and O–H groups in total. The Labute approximate surface area is 266 Å². The summed E-state index contributed by atoms with van der Waals surface area (Å²) in [6.07, 6.45) is 11.2. The molecule has 0 amide bonds. The average molecular weight is 586 g/mol. The second kappa shape index (κ2) is 10.8. The first-order chi connectivity index (χ1) is 22.8. The molecule has 0 spiro atoms. The molecule has 46 heavy (non-hydrogen) atoms. The molecule has 0 aliphatic carbocycles. The molecule has 0 aliphatic heterocycles. The van der Waals surface area contributed by atoms with Gasteiger partial charge in [-0.2, -0.15) is 0 Å². The minimum Gasteiger partial charge on any atom is -0.264 e. The highest BCUT2D eigenvalue weighted by molar-refractivity contribution is 6.27. The molecule has 3 aromatic heterocycles. The minimum absolute atomic E-state index is 1.09. The summed E-state index contributed by atoms with van der Waals surface area (Å²) in [5.41, 5.74) is 11.5. The fourth-order valence-corrected chi connectivity index (χ4v) is 6.86. The highest BCUT2D eigenvalue weighted by Gasteiger charge is 2.15. The van der Waals surface area contributed by atoms with Gasteiger partial charge in [-0.25, -0.2) is 0 Å². The summed E-state index contributed by atoms with van der Waals surface area (Å²) in [6, 6.07) is 46.1. The van der Waals surface area contributed by atoms with Gasteiger partial charge in [-0.05, 0) is 108 Å². The van der Waals surface area contributed by atoms with E-state index in [1.165, 1.54) is 54.6 Å². The van der Waals surface area contributed by atoms with E-state index in [0.717, 1.165) is 33.4 Å². The number of nitrogens with zero attached hydrogens (tertiary/aromatic N) is 3. The van der Waals surface area contributed by atoms with Crippen LogP contribution in [0.5, 0.6) is 0 Å². The summed E-state index contributed by atoms with van der Waals surface area (Å²) < 4.78 is 0. The molecular weight excluding hydrogens is 558 g/mol. The Bertz CT molecular complexity index is 2430. The van der Waals surface area contributed by atoms with Gasteiger partial charge in [-0.15, -0.1) is 0 Å². The zero-order valence-electron chi connectivity index (χ0n) is 24.9. The molecule has 3 heteroatoms. The van der Waals surface area contributed by atoms with Crippen molar-refractivity contribution in [1.82, 2.24) is 15.0 Å². The molecule has 9 aromatic rings. The minimum atomic E-state index is 1.09. The van der Waals surface area contributed by atoms with E-state index in [9.17, 15) is 0 Å². The maximum Gasteiger partial charge on any atom is 0.0346 e. The van der Waals surface area contributed by atoms with Crippen LogP contribution in [0.3, 0.4) is 0 Å². The standard InChI is InChI=1S/C43H27N3/c1-4-32(25-44-19-1)36-22-35(23-37(24-36)33-5-2-20-45-26-33)28-7-9-29(10-8-28)38-15-11-30-14-18-41-39(34-6-3-21-46-27-34)16-12-31-13-17-40(38)42(30)43(31)41/h1-27H. The smallest absolute Gasteiger partial charge is 0.0346 e. The quantitative estimate of drug-likeness (QED) is 0.189. The zero-order valence-corrected chi connectivity index (χ0v) is 24.9. The summed E-state index contributed by atoms with van der Waals surface area (Å²) in [5.74, 6) is 0. The van der Waals surface area contributed by atoms with E-state index in [1.807, 2.05) is 55.4 Å². The van der Waals surface area contributed by atoms with E-state index < -0.39 is 0 Å².